The Morgan fingerprint density at radius 1 is 0.933 bits per heavy atom. The standard InChI is InChI=1S/C22H19Cl2N3O2S/c1-12-9-13(2)21(14(3)10-12)30(28,29)27-15-7-8-18-19(11-15)26-22(25-18)20-16(23)5-4-6-17(20)24/h4-11,27H,1-3H3,(H,25,26). The maximum Gasteiger partial charge on any atom is 0.262 e. The number of sulfonamides is 1. The summed E-state index contributed by atoms with van der Waals surface area (Å²) in [4.78, 5) is 8.00. The third kappa shape index (κ3) is 3.78. The Morgan fingerprint density at radius 2 is 1.57 bits per heavy atom. The van der Waals surface area contributed by atoms with Crippen molar-refractivity contribution < 1.29 is 8.42 Å². The number of aryl methyl sites for hydroxylation is 3. The fourth-order valence-electron chi connectivity index (χ4n) is 3.71. The average molecular weight is 460 g/mol. The van der Waals surface area contributed by atoms with Gasteiger partial charge in [-0.3, -0.25) is 4.72 Å². The Hall–Kier alpha value is -2.54. The van der Waals surface area contributed by atoms with E-state index in [0.717, 1.165) is 5.56 Å². The van der Waals surface area contributed by atoms with Gasteiger partial charge in [-0.2, -0.15) is 0 Å². The normalized spacial score (nSPS) is 11.8. The highest BCUT2D eigenvalue weighted by Crippen LogP contribution is 2.34. The molecule has 0 atom stereocenters. The van der Waals surface area contributed by atoms with E-state index in [-0.39, 0.29) is 0 Å². The molecule has 0 aliphatic rings. The van der Waals surface area contributed by atoms with Crippen LogP contribution in [0.3, 0.4) is 0 Å². The fourth-order valence-corrected chi connectivity index (χ4v) is 5.79. The molecular formula is C22H19Cl2N3O2S. The second-order valence-electron chi connectivity index (χ2n) is 7.25. The van der Waals surface area contributed by atoms with E-state index in [4.69, 9.17) is 23.2 Å². The third-order valence-electron chi connectivity index (χ3n) is 4.81. The Bertz CT molecular complexity index is 1350. The smallest absolute Gasteiger partial charge is 0.262 e. The highest BCUT2D eigenvalue weighted by molar-refractivity contribution is 7.92. The van der Waals surface area contributed by atoms with Gasteiger partial charge in [0.2, 0.25) is 0 Å². The number of aromatic nitrogens is 2. The molecule has 4 aromatic rings. The molecule has 0 aliphatic carbocycles. The lowest BCUT2D eigenvalue weighted by molar-refractivity contribution is 0.600. The van der Waals surface area contributed by atoms with Gasteiger partial charge in [-0.15, -0.1) is 0 Å². The van der Waals surface area contributed by atoms with Crippen LogP contribution in [0.15, 0.2) is 53.4 Å². The largest absolute Gasteiger partial charge is 0.338 e. The van der Waals surface area contributed by atoms with Crippen LogP contribution in [0.1, 0.15) is 16.7 Å². The maximum absolute atomic E-state index is 13.0. The van der Waals surface area contributed by atoms with Crippen molar-refractivity contribution in [3.63, 3.8) is 0 Å². The first-order valence-electron chi connectivity index (χ1n) is 9.20. The van der Waals surface area contributed by atoms with E-state index in [1.807, 2.05) is 19.1 Å². The molecule has 0 spiro atoms. The number of anilines is 1. The van der Waals surface area contributed by atoms with E-state index >= 15 is 0 Å². The van der Waals surface area contributed by atoms with Crippen LogP contribution in [-0.2, 0) is 10.0 Å². The molecule has 3 aromatic carbocycles. The topological polar surface area (TPSA) is 74.8 Å². The van der Waals surface area contributed by atoms with E-state index in [0.29, 0.717) is 54.2 Å². The van der Waals surface area contributed by atoms with E-state index in [1.54, 1.807) is 50.2 Å². The molecule has 1 heterocycles. The molecule has 0 bridgehead atoms. The molecule has 5 nitrogen and oxygen atoms in total. The van der Waals surface area contributed by atoms with Crippen LogP contribution in [0.5, 0.6) is 0 Å². The van der Waals surface area contributed by atoms with Gasteiger partial charge in [0.25, 0.3) is 10.0 Å². The number of aromatic amines is 1. The Morgan fingerprint density at radius 3 is 2.20 bits per heavy atom. The number of nitrogens with one attached hydrogen (secondary N) is 2. The summed E-state index contributed by atoms with van der Waals surface area (Å²) in [7, 11) is -3.75. The minimum atomic E-state index is -3.75. The van der Waals surface area contributed by atoms with Gasteiger partial charge in [0.05, 0.1) is 37.2 Å². The lowest BCUT2D eigenvalue weighted by Crippen LogP contribution is -2.15. The summed E-state index contributed by atoms with van der Waals surface area (Å²) >= 11 is 12.6. The minimum absolute atomic E-state index is 0.293. The predicted molar refractivity (Wildman–Crippen MR) is 123 cm³/mol. The summed E-state index contributed by atoms with van der Waals surface area (Å²) in [6.45, 7) is 5.54. The Labute approximate surface area is 185 Å². The zero-order chi connectivity index (χ0) is 21.6. The van der Waals surface area contributed by atoms with Gasteiger partial charge in [-0.1, -0.05) is 47.0 Å². The minimum Gasteiger partial charge on any atom is -0.338 e. The average Bonchev–Trinajstić information content (AvgIpc) is 3.02. The van der Waals surface area contributed by atoms with Crippen molar-refractivity contribution >= 4 is 49.9 Å². The lowest BCUT2D eigenvalue weighted by Gasteiger charge is -2.14. The number of hydrogen-bond donors (Lipinski definition) is 2. The zero-order valence-electron chi connectivity index (χ0n) is 16.5. The summed E-state index contributed by atoms with van der Waals surface area (Å²) in [5.41, 5.74) is 4.81. The molecule has 0 saturated heterocycles. The van der Waals surface area contributed by atoms with Crippen molar-refractivity contribution in [3.05, 3.63) is 75.3 Å². The predicted octanol–water partition coefficient (Wildman–Crippen LogP) is 6.26. The second-order valence-corrected chi connectivity index (χ2v) is 9.68. The quantitative estimate of drug-likeness (QED) is 0.377. The molecule has 1 aromatic heterocycles. The molecule has 0 fully saturated rings. The molecule has 0 aliphatic heterocycles. The molecular weight excluding hydrogens is 441 g/mol. The summed E-state index contributed by atoms with van der Waals surface area (Å²) in [6, 6.07) is 14.1. The number of fused-ring (bicyclic) bond motifs is 1. The Kier molecular flexibility index (Phi) is 5.26. The molecule has 2 N–H and O–H groups in total. The van der Waals surface area contributed by atoms with Gasteiger partial charge in [0.1, 0.15) is 5.82 Å². The van der Waals surface area contributed by atoms with E-state index in [9.17, 15) is 8.42 Å². The van der Waals surface area contributed by atoms with Gasteiger partial charge in [-0.05, 0) is 62.2 Å². The highest BCUT2D eigenvalue weighted by Gasteiger charge is 2.20. The molecule has 8 heteroatoms. The van der Waals surface area contributed by atoms with Crippen LogP contribution in [0.2, 0.25) is 10.0 Å². The van der Waals surface area contributed by atoms with E-state index in [2.05, 4.69) is 14.7 Å². The molecule has 30 heavy (non-hydrogen) atoms. The van der Waals surface area contributed by atoms with Crippen LogP contribution in [-0.4, -0.2) is 18.4 Å². The highest BCUT2D eigenvalue weighted by atomic mass is 35.5. The zero-order valence-corrected chi connectivity index (χ0v) is 18.9. The van der Waals surface area contributed by atoms with Crippen LogP contribution in [0.25, 0.3) is 22.4 Å². The summed E-state index contributed by atoms with van der Waals surface area (Å²) < 4.78 is 28.7. The summed E-state index contributed by atoms with van der Waals surface area (Å²) in [5, 5.41) is 0.959. The molecule has 4 rings (SSSR count). The number of hydrogen-bond acceptors (Lipinski definition) is 3. The van der Waals surface area contributed by atoms with Crippen molar-refractivity contribution in [2.24, 2.45) is 0 Å². The van der Waals surface area contributed by atoms with Gasteiger partial charge in [-0.25, -0.2) is 13.4 Å². The number of benzene rings is 3. The first-order chi connectivity index (χ1) is 14.2. The maximum atomic E-state index is 13.0. The lowest BCUT2D eigenvalue weighted by atomic mass is 10.1. The first-order valence-corrected chi connectivity index (χ1v) is 11.4. The van der Waals surface area contributed by atoms with Gasteiger partial charge in [0.15, 0.2) is 0 Å². The van der Waals surface area contributed by atoms with E-state index < -0.39 is 10.0 Å². The van der Waals surface area contributed by atoms with Crippen LogP contribution in [0, 0.1) is 20.8 Å². The number of nitrogens with zero attached hydrogens (tertiary/aromatic N) is 1. The van der Waals surface area contributed by atoms with Crippen LogP contribution in [0.4, 0.5) is 5.69 Å². The number of imidazole rings is 1. The SMILES string of the molecule is Cc1cc(C)c(S(=O)(=O)Nc2ccc3nc(-c4c(Cl)cccc4Cl)[nH]c3c2)c(C)c1. The van der Waals surface area contributed by atoms with Gasteiger partial charge in [0, 0.05) is 0 Å². The number of H-pyrrole nitrogens is 1. The third-order valence-corrected chi connectivity index (χ3v) is 7.12. The molecule has 154 valence electrons. The first kappa shape index (κ1) is 20.7. The molecule has 0 unspecified atom stereocenters. The van der Waals surface area contributed by atoms with Crippen molar-refractivity contribution in [1.29, 1.82) is 0 Å². The van der Waals surface area contributed by atoms with Crippen molar-refractivity contribution in [1.82, 2.24) is 9.97 Å². The Balaban J connectivity index is 1.73. The van der Waals surface area contributed by atoms with Gasteiger partial charge < -0.3 is 4.98 Å². The number of halogens is 2. The molecule has 0 amide bonds. The second kappa shape index (κ2) is 7.61. The monoisotopic (exact) mass is 459 g/mol. The number of rotatable bonds is 4. The van der Waals surface area contributed by atoms with Crippen molar-refractivity contribution in [2.45, 2.75) is 25.7 Å². The van der Waals surface area contributed by atoms with Crippen LogP contribution < -0.4 is 4.72 Å². The van der Waals surface area contributed by atoms with Gasteiger partial charge >= 0.3 is 0 Å². The van der Waals surface area contributed by atoms with Crippen molar-refractivity contribution in [2.75, 3.05) is 4.72 Å². The fraction of sp³-hybridized carbons (Fsp3) is 0.136. The molecule has 0 radical (unpaired) electrons. The van der Waals surface area contributed by atoms with Crippen molar-refractivity contribution in [3.8, 4) is 11.4 Å². The molecule has 0 saturated carbocycles. The van der Waals surface area contributed by atoms with E-state index in [1.165, 1.54) is 0 Å². The summed E-state index contributed by atoms with van der Waals surface area (Å²) in [6.07, 6.45) is 0. The van der Waals surface area contributed by atoms with Crippen LogP contribution >= 0.6 is 23.2 Å². The summed E-state index contributed by atoms with van der Waals surface area (Å²) in [5.74, 6) is 0.519.